The summed E-state index contributed by atoms with van der Waals surface area (Å²) in [6, 6.07) is 8.81. The van der Waals surface area contributed by atoms with Crippen LogP contribution in [0.25, 0.3) is 0 Å². The van der Waals surface area contributed by atoms with Crippen LogP contribution in [0.1, 0.15) is 43.7 Å². The van der Waals surface area contributed by atoms with Crippen LogP contribution in [-0.4, -0.2) is 23.3 Å². The average molecular weight is 245 g/mol. The molecule has 3 N–H and O–H groups in total. The Morgan fingerprint density at radius 1 is 1.39 bits per heavy atom. The van der Waals surface area contributed by atoms with E-state index in [1.54, 1.807) is 0 Å². The number of hydrogen-bond donors (Lipinski definition) is 2. The molecule has 0 atom stereocenters. The third kappa shape index (κ3) is 3.10. The Bertz CT molecular complexity index is 408. The second kappa shape index (κ2) is 6.01. The molecule has 0 bridgehead atoms. The Morgan fingerprint density at radius 3 is 2.72 bits per heavy atom. The molecule has 1 saturated carbocycles. The van der Waals surface area contributed by atoms with Gasteiger partial charge in [-0.3, -0.25) is 10.3 Å². The molecule has 0 radical (unpaired) electrons. The van der Waals surface area contributed by atoms with Crippen molar-refractivity contribution in [2.24, 2.45) is 5.73 Å². The average Bonchev–Trinajstić information content (AvgIpc) is 2.90. The SMILES string of the molecule is CCN(Cc1cccc(C(=N)N)c1)C1CCCC1. The molecule has 1 aromatic rings. The minimum absolute atomic E-state index is 0.153. The van der Waals surface area contributed by atoms with Gasteiger partial charge in [0.15, 0.2) is 0 Å². The zero-order valence-electron chi connectivity index (χ0n) is 11.2. The highest BCUT2D eigenvalue weighted by atomic mass is 15.1. The number of nitrogen functional groups attached to an aromatic ring is 1. The highest BCUT2D eigenvalue weighted by Crippen LogP contribution is 2.24. The standard InChI is InChI=1S/C15H23N3/c1-2-18(14-8-3-4-9-14)11-12-6-5-7-13(10-12)15(16)17/h5-7,10,14H,2-4,8-9,11H2,1H3,(H3,16,17). The van der Waals surface area contributed by atoms with Gasteiger partial charge in [-0.1, -0.05) is 38.0 Å². The molecular formula is C15H23N3. The molecule has 3 heteroatoms. The molecule has 1 aromatic carbocycles. The van der Waals surface area contributed by atoms with Crippen molar-refractivity contribution >= 4 is 5.84 Å². The number of rotatable bonds is 5. The summed E-state index contributed by atoms with van der Waals surface area (Å²) in [7, 11) is 0. The van der Waals surface area contributed by atoms with Gasteiger partial charge in [-0.25, -0.2) is 0 Å². The van der Waals surface area contributed by atoms with E-state index in [1.807, 2.05) is 18.2 Å². The molecule has 98 valence electrons. The number of hydrogen-bond acceptors (Lipinski definition) is 2. The molecule has 0 aromatic heterocycles. The highest BCUT2D eigenvalue weighted by molar-refractivity contribution is 5.95. The predicted octanol–water partition coefficient (Wildman–Crippen LogP) is 2.74. The third-order valence-electron chi connectivity index (χ3n) is 3.87. The van der Waals surface area contributed by atoms with Crippen LogP contribution in [0.4, 0.5) is 0 Å². The maximum absolute atomic E-state index is 7.49. The van der Waals surface area contributed by atoms with E-state index in [0.717, 1.165) is 24.7 Å². The Balaban J connectivity index is 2.06. The number of nitrogens with zero attached hydrogens (tertiary/aromatic N) is 1. The molecule has 1 aliphatic rings. The van der Waals surface area contributed by atoms with E-state index in [-0.39, 0.29) is 5.84 Å². The number of amidine groups is 1. The smallest absolute Gasteiger partial charge is 0.122 e. The van der Waals surface area contributed by atoms with Crippen LogP contribution in [0.5, 0.6) is 0 Å². The fourth-order valence-electron chi connectivity index (χ4n) is 2.84. The zero-order valence-corrected chi connectivity index (χ0v) is 11.2. The normalized spacial score (nSPS) is 16.3. The summed E-state index contributed by atoms with van der Waals surface area (Å²) in [5.74, 6) is 0.153. The van der Waals surface area contributed by atoms with Gasteiger partial charge in [0.25, 0.3) is 0 Å². The van der Waals surface area contributed by atoms with Gasteiger partial charge in [0.05, 0.1) is 0 Å². The van der Waals surface area contributed by atoms with Gasteiger partial charge < -0.3 is 5.73 Å². The molecule has 18 heavy (non-hydrogen) atoms. The van der Waals surface area contributed by atoms with Crippen LogP contribution in [-0.2, 0) is 6.54 Å². The van der Waals surface area contributed by atoms with Crippen molar-refractivity contribution in [3.05, 3.63) is 35.4 Å². The Kier molecular flexibility index (Phi) is 4.37. The summed E-state index contributed by atoms with van der Waals surface area (Å²) in [6.45, 7) is 4.30. The molecule has 3 nitrogen and oxygen atoms in total. The quantitative estimate of drug-likeness (QED) is 0.619. The third-order valence-corrected chi connectivity index (χ3v) is 3.87. The van der Waals surface area contributed by atoms with Crippen molar-refractivity contribution < 1.29 is 0 Å². The summed E-state index contributed by atoms with van der Waals surface area (Å²) in [5.41, 5.74) is 7.63. The lowest BCUT2D eigenvalue weighted by molar-refractivity contribution is 0.200. The summed E-state index contributed by atoms with van der Waals surface area (Å²) < 4.78 is 0. The molecule has 0 spiro atoms. The number of nitrogens with one attached hydrogen (secondary N) is 1. The fourth-order valence-corrected chi connectivity index (χ4v) is 2.84. The first-order valence-corrected chi connectivity index (χ1v) is 6.88. The van der Waals surface area contributed by atoms with Crippen molar-refractivity contribution in [2.75, 3.05) is 6.54 Å². The highest BCUT2D eigenvalue weighted by Gasteiger charge is 2.21. The fraction of sp³-hybridized carbons (Fsp3) is 0.533. The largest absolute Gasteiger partial charge is 0.384 e. The zero-order chi connectivity index (χ0) is 13.0. The lowest BCUT2D eigenvalue weighted by atomic mass is 10.1. The maximum Gasteiger partial charge on any atom is 0.122 e. The van der Waals surface area contributed by atoms with Gasteiger partial charge in [-0.05, 0) is 31.0 Å². The van der Waals surface area contributed by atoms with Crippen LogP contribution < -0.4 is 5.73 Å². The van der Waals surface area contributed by atoms with Crippen molar-refractivity contribution in [1.82, 2.24) is 4.90 Å². The summed E-state index contributed by atoms with van der Waals surface area (Å²) in [4.78, 5) is 2.55. The van der Waals surface area contributed by atoms with Crippen molar-refractivity contribution in [2.45, 2.75) is 45.2 Å². The molecule has 0 amide bonds. The molecule has 0 saturated heterocycles. The second-order valence-corrected chi connectivity index (χ2v) is 5.12. The first-order chi connectivity index (χ1) is 8.70. The van der Waals surface area contributed by atoms with Crippen LogP contribution in [0.3, 0.4) is 0 Å². The monoisotopic (exact) mass is 245 g/mol. The van der Waals surface area contributed by atoms with E-state index >= 15 is 0 Å². The second-order valence-electron chi connectivity index (χ2n) is 5.12. The van der Waals surface area contributed by atoms with E-state index in [4.69, 9.17) is 11.1 Å². The van der Waals surface area contributed by atoms with E-state index in [1.165, 1.54) is 31.2 Å². The van der Waals surface area contributed by atoms with E-state index < -0.39 is 0 Å². The van der Waals surface area contributed by atoms with Gasteiger partial charge in [-0.15, -0.1) is 0 Å². The molecule has 0 heterocycles. The van der Waals surface area contributed by atoms with Gasteiger partial charge in [0.1, 0.15) is 5.84 Å². The molecule has 2 rings (SSSR count). The van der Waals surface area contributed by atoms with E-state index in [0.29, 0.717) is 0 Å². The van der Waals surface area contributed by atoms with E-state index in [9.17, 15) is 0 Å². The first kappa shape index (κ1) is 13.1. The number of benzene rings is 1. The van der Waals surface area contributed by atoms with Crippen molar-refractivity contribution in [3.8, 4) is 0 Å². The Morgan fingerprint density at radius 2 is 2.11 bits per heavy atom. The van der Waals surface area contributed by atoms with Crippen molar-refractivity contribution in [1.29, 1.82) is 5.41 Å². The minimum atomic E-state index is 0.153. The van der Waals surface area contributed by atoms with E-state index in [2.05, 4.69) is 17.9 Å². The van der Waals surface area contributed by atoms with Crippen LogP contribution in [0.2, 0.25) is 0 Å². The molecule has 1 fully saturated rings. The van der Waals surface area contributed by atoms with Crippen LogP contribution >= 0.6 is 0 Å². The maximum atomic E-state index is 7.49. The molecule has 0 aliphatic heterocycles. The molecule has 0 unspecified atom stereocenters. The lowest BCUT2D eigenvalue weighted by Crippen LogP contribution is -2.32. The van der Waals surface area contributed by atoms with Gasteiger partial charge in [0.2, 0.25) is 0 Å². The Hall–Kier alpha value is -1.35. The molecular weight excluding hydrogens is 222 g/mol. The van der Waals surface area contributed by atoms with Crippen LogP contribution in [0.15, 0.2) is 24.3 Å². The summed E-state index contributed by atoms with van der Waals surface area (Å²) in [6.07, 6.45) is 5.41. The van der Waals surface area contributed by atoms with Crippen molar-refractivity contribution in [3.63, 3.8) is 0 Å². The molecule has 1 aliphatic carbocycles. The van der Waals surface area contributed by atoms with Gasteiger partial charge >= 0.3 is 0 Å². The predicted molar refractivity (Wildman–Crippen MR) is 75.8 cm³/mol. The first-order valence-electron chi connectivity index (χ1n) is 6.88. The van der Waals surface area contributed by atoms with Crippen LogP contribution in [0, 0.1) is 5.41 Å². The summed E-state index contributed by atoms with van der Waals surface area (Å²) >= 11 is 0. The lowest BCUT2D eigenvalue weighted by Gasteiger charge is -2.27. The minimum Gasteiger partial charge on any atom is -0.384 e. The topological polar surface area (TPSA) is 53.1 Å². The van der Waals surface area contributed by atoms with Gasteiger partial charge in [0, 0.05) is 18.2 Å². The Labute approximate surface area is 109 Å². The summed E-state index contributed by atoms with van der Waals surface area (Å²) in [5, 5.41) is 7.49. The van der Waals surface area contributed by atoms with Gasteiger partial charge in [-0.2, -0.15) is 0 Å². The number of nitrogens with two attached hydrogens (primary N) is 1.